The summed E-state index contributed by atoms with van der Waals surface area (Å²) < 4.78 is 3.06. The molecule has 0 saturated heterocycles. The second kappa shape index (κ2) is 7.33. The lowest BCUT2D eigenvalue weighted by molar-refractivity contribution is 0.695. The highest BCUT2D eigenvalue weighted by Gasteiger charge is 2.22. The average Bonchev–Trinajstić information content (AvgIpc) is 3.46. The number of hydrogen-bond donors (Lipinski definition) is 3. The van der Waals surface area contributed by atoms with Crippen molar-refractivity contribution in [2.24, 2.45) is 0 Å². The third-order valence-electron chi connectivity index (χ3n) is 4.78. The molecule has 0 amide bonds. The predicted octanol–water partition coefficient (Wildman–Crippen LogP) is 1.21. The number of benzene rings is 1. The lowest BCUT2D eigenvalue weighted by atomic mass is 10.2. The van der Waals surface area contributed by atoms with Crippen molar-refractivity contribution in [2.75, 3.05) is 11.1 Å². The number of nitrogens with zero attached hydrogens (tertiary/aromatic N) is 8. The van der Waals surface area contributed by atoms with E-state index >= 15 is 0 Å². The van der Waals surface area contributed by atoms with Crippen molar-refractivity contribution in [3.63, 3.8) is 0 Å². The summed E-state index contributed by atoms with van der Waals surface area (Å²) >= 11 is 0. The largest absolute Gasteiger partial charge is 0.383 e. The molecule has 0 spiro atoms. The van der Waals surface area contributed by atoms with E-state index in [4.69, 9.17) is 10.7 Å². The summed E-state index contributed by atoms with van der Waals surface area (Å²) in [4.78, 5) is 26.3. The Morgan fingerprint density at radius 2 is 1.97 bits per heavy atom. The first-order chi connectivity index (χ1) is 15.1. The highest BCUT2D eigenvalue weighted by atomic mass is 16.1. The van der Waals surface area contributed by atoms with Gasteiger partial charge in [0.15, 0.2) is 0 Å². The number of tetrazole rings is 1. The van der Waals surface area contributed by atoms with Crippen molar-refractivity contribution in [3.05, 3.63) is 71.3 Å². The second-order valence-corrected chi connectivity index (χ2v) is 6.74. The van der Waals surface area contributed by atoms with E-state index in [1.54, 1.807) is 22.9 Å². The van der Waals surface area contributed by atoms with E-state index in [1.165, 1.54) is 10.7 Å². The van der Waals surface area contributed by atoms with Gasteiger partial charge in [-0.1, -0.05) is 18.2 Å². The minimum atomic E-state index is -0.437. The van der Waals surface area contributed by atoms with Crippen LogP contribution in [-0.2, 0) is 0 Å². The maximum absolute atomic E-state index is 13.3. The van der Waals surface area contributed by atoms with Crippen molar-refractivity contribution in [1.82, 2.24) is 44.5 Å². The minimum absolute atomic E-state index is 0.196. The second-order valence-electron chi connectivity index (χ2n) is 6.74. The Kier molecular flexibility index (Phi) is 4.36. The zero-order valence-electron chi connectivity index (χ0n) is 16.3. The number of rotatable bonds is 5. The average molecular weight is 415 g/mol. The smallest absolute Gasteiger partial charge is 0.339 e. The van der Waals surface area contributed by atoms with Crippen LogP contribution in [0.3, 0.4) is 0 Å². The van der Waals surface area contributed by atoms with Crippen LogP contribution < -0.4 is 16.7 Å². The molecule has 1 atom stereocenters. The molecule has 1 unspecified atom stereocenters. The first kappa shape index (κ1) is 18.4. The molecule has 0 bridgehead atoms. The van der Waals surface area contributed by atoms with Crippen LogP contribution in [0.5, 0.6) is 0 Å². The first-order valence-electron chi connectivity index (χ1n) is 9.40. The molecule has 4 N–H and O–H groups in total. The Bertz CT molecular complexity index is 1410. The molecule has 5 rings (SSSR count). The fraction of sp³-hybridized carbons (Fsp3) is 0.105. The van der Waals surface area contributed by atoms with Crippen molar-refractivity contribution >= 4 is 17.3 Å². The summed E-state index contributed by atoms with van der Waals surface area (Å²) in [7, 11) is 0. The summed E-state index contributed by atoms with van der Waals surface area (Å²) in [6, 6.07) is 12.4. The molecule has 0 aliphatic rings. The van der Waals surface area contributed by atoms with Gasteiger partial charge in [-0.3, -0.25) is 4.40 Å². The third kappa shape index (κ3) is 3.15. The maximum atomic E-state index is 13.3. The molecule has 4 heterocycles. The Morgan fingerprint density at radius 1 is 1.13 bits per heavy atom. The molecule has 154 valence electrons. The lowest BCUT2D eigenvalue weighted by Crippen LogP contribution is -2.31. The van der Waals surface area contributed by atoms with Crippen LogP contribution in [-0.4, -0.2) is 44.5 Å². The fourth-order valence-electron chi connectivity index (χ4n) is 3.37. The normalized spacial score (nSPS) is 12.2. The fourth-order valence-corrected chi connectivity index (χ4v) is 3.37. The molecule has 1 aromatic carbocycles. The van der Waals surface area contributed by atoms with Gasteiger partial charge in [-0.15, -0.1) is 10.2 Å². The van der Waals surface area contributed by atoms with Gasteiger partial charge in [-0.25, -0.2) is 24.3 Å². The van der Waals surface area contributed by atoms with Crippen molar-refractivity contribution in [3.8, 4) is 17.1 Å². The number of anilines is 2. The molecule has 5 aromatic rings. The third-order valence-corrected chi connectivity index (χ3v) is 4.78. The molecule has 31 heavy (non-hydrogen) atoms. The van der Waals surface area contributed by atoms with E-state index in [2.05, 4.69) is 35.9 Å². The highest BCUT2D eigenvalue weighted by molar-refractivity contribution is 5.79. The Morgan fingerprint density at radius 3 is 2.74 bits per heavy atom. The Balaban J connectivity index is 1.65. The van der Waals surface area contributed by atoms with Crippen molar-refractivity contribution in [2.45, 2.75) is 13.0 Å². The number of para-hydroxylation sites is 1. The van der Waals surface area contributed by atoms with Crippen LogP contribution in [0.15, 0.2) is 59.8 Å². The van der Waals surface area contributed by atoms with Crippen molar-refractivity contribution in [1.29, 1.82) is 0 Å². The highest BCUT2D eigenvalue weighted by Crippen LogP contribution is 2.29. The van der Waals surface area contributed by atoms with E-state index in [0.717, 1.165) is 0 Å². The zero-order chi connectivity index (χ0) is 21.4. The number of aromatic amines is 1. The summed E-state index contributed by atoms with van der Waals surface area (Å²) in [5.41, 5.74) is 7.46. The topological polar surface area (TPSA) is 158 Å². The monoisotopic (exact) mass is 415 g/mol. The summed E-state index contributed by atoms with van der Waals surface area (Å²) in [5, 5.41) is 17.2. The van der Waals surface area contributed by atoms with E-state index in [9.17, 15) is 4.79 Å². The van der Waals surface area contributed by atoms with Gasteiger partial charge in [0, 0.05) is 6.20 Å². The van der Waals surface area contributed by atoms with Gasteiger partial charge in [0.2, 0.25) is 5.82 Å². The van der Waals surface area contributed by atoms with E-state index < -0.39 is 6.04 Å². The van der Waals surface area contributed by atoms with E-state index in [-0.39, 0.29) is 17.3 Å². The SMILES string of the molecule is CC(Nc1ncnc(N)c1-c1nn[nH]n1)c1nc2cccn2c(=O)n1-c1ccccc1. The van der Waals surface area contributed by atoms with Crippen LogP contribution in [0, 0.1) is 0 Å². The summed E-state index contributed by atoms with van der Waals surface area (Å²) in [5.74, 6) is 1.34. The van der Waals surface area contributed by atoms with Gasteiger partial charge < -0.3 is 11.1 Å². The number of fused-ring (bicyclic) bond motifs is 1. The molecular formula is C19H17N11O. The Hall–Kier alpha value is -4.61. The van der Waals surface area contributed by atoms with Crippen LogP contribution in [0.1, 0.15) is 18.8 Å². The molecular weight excluding hydrogens is 398 g/mol. The molecule has 0 radical (unpaired) electrons. The summed E-state index contributed by atoms with van der Waals surface area (Å²) in [6.07, 6.45) is 3.02. The zero-order valence-corrected chi connectivity index (χ0v) is 16.3. The van der Waals surface area contributed by atoms with Gasteiger partial charge in [-0.05, 0) is 36.4 Å². The molecule has 0 saturated carbocycles. The van der Waals surface area contributed by atoms with Crippen molar-refractivity contribution < 1.29 is 0 Å². The maximum Gasteiger partial charge on any atom is 0.339 e. The number of nitrogens with one attached hydrogen (secondary N) is 2. The van der Waals surface area contributed by atoms with Gasteiger partial charge in [0.05, 0.1) is 11.7 Å². The number of nitrogen functional groups attached to an aromatic ring is 1. The van der Waals surface area contributed by atoms with Crippen LogP contribution in [0.25, 0.3) is 22.7 Å². The van der Waals surface area contributed by atoms with E-state index in [1.807, 2.05) is 37.3 Å². The van der Waals surface area contributed by atoms with E-state index in [0.29, 0.717) is 28.5 Å². The molecule has 12 nitrogen and oxygen atoms in total. The number of hydrogen-bond acceptors (Lipinski definition) is 9. The standard InChI is InChI=1S/C19H17N11O/c1-11(23-16-14(15(20)21-10-22-16)17-25-27-28-26-17)18-24-13-8-5-9-29(13)19(31)30(18)12-6-3-2-4-7-12/h2-11H,1H3,(H3,20,21,22,23)(H,25,26,27,28). The van der Waals surface area contributed by atoms with Gasteiger partial charge >= 0.3 is 5.69 Å². The van der Waals surface area contributed by atoms with Crippen LogP contribution in [0.2, 0.25) is 0 Å². The molecule has 0 aliphatic carbocycles. The van der Waals surface area contributed by atoms with Gasteiger partial charge in [0.25, 0.3) is 0 Å². The molecule has 4 aromatic heterocycles. The van der Waals surface area contributed by atoms with Crippen LogP contribution in [0.4, 0.5) is 11.6 Å². The molecule has 12 heteroatoms. The minimum Gasteiger partial charge on any atom is -0.383 e. The molecule has 0 fully saturated rings. The van der Waals surface area contributed by atoms with Gasteiger partial charge in [0.1, 0.15) is 35.0 Å². The predicted molar refractivity (Wildman–Crippen MR) is 112 cm³/mol. The lowest BCUT2D eigenvalue weighted by Gasteiger charge is -2.20. The van der Waals surface area contributed by atoms with Gasteiger partial charge in [-0.2, -0.15) is 5.21 Å². The number of H-pyrrole nitrogens is 1. The number of aromatic nitrogens is 9. The first-order valence-corrected chi connectivity index (χ1v) is 9.40. The number of nitrogens with two attached hydrogens (primary N) is 1. The molecule has 0 aliphatic heterocycles. The van der Waals surface area contributed by atoms with Crippen LogP contribution >= 0.6 is 0 Å². The quantitative estimate of drug-likeness (QED) is 0.383. The Labute approximate surface area is 174 Å². The summed E-state index contributed by atoms with van der Waals surface area (Å²) in [6.45, 7) is 1.87.